The number of hydrazone groups is 1. The van der Waals surface area contributed by atoms with Crippen molar-refractivity contribution in [3.8, 4) is 0 Å². The minimum atomic E-state index is -1.25. The van der Waals surface area contributed by atoms with Gasteiger partial charge in [0.05, 0.1) is 5.71 Å². The number of carbonyl (C=O) groups excluding carboxylic acids is 1. The zero-order valence-corrected chi connectivity index (χ0v) is 6.13. The summed E-state index contributed by atoms with van der Waals surface area (Å²) in [4.78, 5) is 11.1. The van der Waals surface area contributed by atoms with Crippen LogP contribution in [0.15, 0.2) is 5.10 Å². The highest BCUT2D eigenvalue weighted by Gasteiger charge is 2.46. The second-order valence-corrected chi connectivity index (χ2v) is 3.07. The van der Waals surface area contributed by atoms with Crippen LogP contribution in [0.3, 0.4) is 0 Å². The first kappa shape index (κ1) is 6.79. The standard InChI is InChI=1S/C7H10N2O2/c10-6-7(11)4-2-1-3-5(7)8-9-6/h11H,1-4H2,(H,9,10). The number of rotatable bonds is 0. The van der Waals surface area contributed by atoms with Crippen molar-refractivity contribution < 1.29 is 9.90 Å². The van der Waals surface area contributed by atoms with Gasteiger partial charge in [-0.15, -0.1) is 0 Å². The number of fused-ring (bicyclic) bond motifs is 1. The van der Waals surface area contributed by atoms with E-state index in [1.807, 2.05) is 0 Å². The summed E-state index contributed by atoms with van der Waals surface area (Å²) in [5.41, 5.74) is 1.67. The Morgan fingerprint density at radius 3 is 3.09 bits per heavy atom. The predicted molar refractivity (Wildman–Crippen MR) is 39.0 cm³/mol. The van der Waals surface area contributed by atoms with Crippen molar-refractivity contribution in [3.63, 3.8) is 0 Å². The van der Waals surface area contributed by atoms with Crippen LogP contribution in [-0.2, 0) is 4.79 Å². The van der Waals surface area contributed by atoms with E-state index in [9.17, 15) is 9.90 Å². The molecule has 1 saturated carbocycles. The SMILES string of the molecule is O=C1NN=C2CCCCC12O. The number of amides is 1. The maximum absolute atomic E-state index is 11.1. The van der Waals surface area contributed by atoms with E-state index in [4.69, 9.17) is 0 Å². The number of nitrogens with one attached hydrogen (secondary N) is 1. The van der Waals surface area contributed by atoms with Crippen molar-refractivity contribution in [2.45, 2.75) is 31.3 Å². The van der Waals surface area contributed by atoms with Crippen molar-refractivity contribution in [1.29, 1.82) is 0 Å². The van der Waals surface area contributed by atoms with Gasteiger partial charge in [0.25, 0.3) is 5.91 Å². The molecule has 2 aliphatic rings. The lowest BCUT2D eigenvalue weighted by atomic mass is 9.83. The van der Waals surface area contributed by atoms with E-state index in [0.717, 1.165) is 19.3 Å². The van der Waals surface area contributed by atoms with Crippen molar-refractivity contribution in [1.82, 2.24) is 5.43 Å². The fraction of sp³-hybridized carbons (Fsp3) is 0.714. The molecule has 0 aromatic rings. The molecule has 60 valence electrons. The largest absolute Gasteiger partial charge is 0.374 e. The molecule has 0 spiro atoms. The number of hydrogen-bond donors (Lipinski definition) is 2. The lowest BCUT2D eigenvalue weighted by Gasteiger charge is -2.25. The molecule has 2 N–H and O–H groups in total. The lowest BCUT2D eigenvalue weighted by Crippen LogP contribution is -2.47. The van der Waals surface area contributed by atoms with E-state index in [1.54, 1.807) is 0 Å². The highest BCUT2D eigenvalue weighted by Crippen LogP contribution is 2.28. The quantitative estimate of drug-likeness (QED) is 0.506. The van der Waals surface area contributed by atoms with Gasteiger partial charge < -0.3 is 5.11 Å². The fourth-order valence-electron chi connectivity index (χ4n) is 1.63. The minimum Gasteiger partial charge on any atom is -0.374 e. The molecule has 1 aliphatic carbocycles. The topological polar surface area (TPSA) is 61.7 Å². The molecule has 0 aromatic carbocycles. The minimum absolute atomic E-state index is 0.354. The summed E-state index contributed by atoms with van der Waals surface area (Å²) in [5.74, 6) is -0.354. The molecule has 1 atom stereocenters. The van der Waals surface area contributed by atoms with Crippen LogP contribution in [0.25, 0.3) is 0 Å². The molecule has 4 nitrogen and oxygen atoms in total. The van der Waals surface area contributed by atoms with Gasteiger partial charge in [0.15, 0.2) is 5.60 Å². The summed E-state index contributed by atoms with van der Waals surface area (Å²) in [6.45, 7) is 0. The first-order valence-corrected chi connectivity index (χ1v) is 3.83. The maximum Gasteiger partial charge on any atom is 0.277 e. The van der Waals surface area contributed by atoms with E-state index in [2.05, 4.69) is 10.5 Å². The van der Waals surface area contributed by atoms with Crippen LogP contribution < -0.4 is 5.43 Å². The van der Waals surface area contributed by atoms with Crippen molar-refractivity contribution >= 4 is 11.6 Å². The van der Waals surface area contributed by atoms with Crippen LogP contribution >= 0.6 is 0 Å². The average Bonchev–Trinajstić information content (AvgIpc) is 2.29. The Labute approximate surface area is 64.3 Å². The Morgan fingerprint density at radius 2 is 2.36 bits per heavy atom. The van der Waals surface area contributed by atoms with E-state index in [0.29, 0.717) is 12.1 Å². The third kappa shape index (κ3) is 0.790. The Kier molecular flexibility index (Phi) is 1.26. The Bertz CT molecular complexity index is 237. The van der Waals surface area contributed by atoms with Gasteiger partial charge in [-0.05, 0) is 25.7 Å². The molecular formula is C7H10N2O2. The zero-order chi connectivity index (χ0) is 7.90. The van der Waals surface area contributed by atoms with Gasteiger partial charge in [0.2, 0.25) is 0 Å². The van der Waals surface area contributed by atoms with Gasteiger partial charge in [-0.2, -0.15) is 5.10 Å². The van der Waals surface area contributed by atoms with E-state index < -0.39 is 5.60 Å². The molecule has 0 bridgehead atoms. The molecule has 1 fully saturated rings. The van der Waals surface area contributed by atoms with E-state index in [1.165, 1.54) is 0 Å². The average molecular weight is 154 g/mol. The monoisotopic (exact) mass is 154 g/mol. The van der Waals surface area contributed by atoms with Crippen LogP contribution in [0.1, 0.15) is 25.7 Å². The van der Waals surface area contributed by atoms with Gasteiger partial charge >= 0.3 is 0 Å². The molecule has 1 unspecified atom stereocenters. The lowest BCUT2D eigenvalue weighted by molar-refractivity contribution is -0.132. The molecule has 1 heterocycles. The normalized spacial score (nSPS) is 36.1. The van der Waals surface area contributed by atoms with Crippen LogP contribution in [0, 0.1) is 0 Å². The number of aliphatic hydroxyl groups is 1. The second-order valence-electron chi connectivity index (χ2n) is 3.07. The summed E-state index contributed by atoms with van der Waals surface area (Å²) >= 11 is 0. The van der Waals surface area contributed by atoms with Crippen LogP contribution in [0.2, 0.25) is 0 Å². The second kappa shape index (κ2) is 2.04. The molecule has 0 radical (unpaired) electrons. The zero-order valence-electron chi connectivity index (χ0n) is 6.13. The third-order valence-corrected chi connectivity index (χ3v) is 2.35. The van der Waals surface area contributed by atoms with Crippen LogP contribution in [-0.4, -0.2) is 22.3 Å². The predicted octanol–water partition coefficient (Wildman–Crippen LogP) is -0.223. The first-order chi connectivity index (χ1) is 5.23. The van der Waals surface area contributed by atoms with Gasteiger partial charge in [-0.1, -0.05) is 0 Å². The van der Waals surface area contributed by atoms with Gasteiger partial charge in [0.1, 0.15) is 0 Å². The number of nitrogens with zero attached hydrogens (tertiary/aromatic N) is 1. The van der Waals surface area contributed by atoms with Gasteiger partial charge in [-0.3, -0.25) is 4.79 Å². The van der Waals surface area contributed by atoms with Crippen LogP contribution in [0.4, 0.5) is 0 Å². The molecule has 2 rings (SSSR count). The first-order valence-electron chi connectivity index (χ1n) is 3.83. The Morgan fingerprint density at radius 1 is 1.55 bits per heavy atom. The summed E-state index contributed by atoms with van der Waals surface area (Å²) in [5, 5.41) is 13.5. The number of carbonyl (C=O) groups is 1. The molecule has 4 heteroatoms. The summed E-state index contributed by atoms with van der Waals surface area (Å²) in [6, 6.07) is 0. The highest BCUT2D eigenvalue weighted by molar-refractivity contribution is 6.15. The van der Waals surface area contributed by atoms with Gasteiger partial charge in [-0.25, -0.2) is 5.43 Å². The van der Waals surface area contributed by atoms with Crippen LogP contribution in [0.5, 0.6) is 0 Å². The smallest absolute Gasteiger partial charge is 0.277 e. The Hall–Kier alpha value is -0.900. The molecule has 11 heavy (non-hydrogen) atoms. The molecule has 0 saturated heterocycles. The highest BCUT2D eigenvalue weighted by atomic mass is 16.3. The van der Waals surface area contributed by atoms with Crippen molar-refractivity contribution in [2.24, 2.45) is 5.10 Å². The molecule has 1 aliphatic heterocycles. The summed E-state index contributed by atoms with van der Waals surface area (Å²) in [6.07, 6.45) is 3.20. The van der Waals surface area contributed by atoms with Crippen molar-refractivity contribution in [3.05, 3.63) is 0 Å². The Balaban J connectivity index is 2.32. The van der Waals surface area contributed by atoms with Crippen molar-refractivity contribution in [2.75, 3.05) is 0 Å². The fourth-order valence-corrected chi connectivity index (χ4v) is 1.63. The number of hydrogen-bond acceptors (Lipinski definition) is 3. The molecule has 1 amide bonds. The molecular weight excluding hydrogens is 144 g/mol. The third-order valence-electron chi connectivity index (χ3n) is 2.35. The van der Waals surface area contributed by atoms with Gasteiger partial charge in [0, 0.05) is 0 Å². The maximum atomic E-state index is 11.1. The van der Waals surface area contributed by atoms with E-state index >= 15 is 0 Å². The van der Waals surface area contributed by atoms with E-state index in [-0.39, 0.29) is 5.91 Å². The molecule has 0 aromatic heterocycles. The summed E-state index contributed by atoms with van der Waals surface area (Å²) in [7, 11) is 0. The summed E-state index contributed by atoms with van der Waals surface area (Å²) < 4.78 is 0.